The minimum atomic E-state index is -0.214. The van der Waals surface area contributed by atoms with E-state index in [0.29, 0.717) is 0 Å². The molecule has 23 heavy (non-hydrogen) atoms. The van der Waals surface area contributed by atoms with Gasteiger partial charge in [0.1, 0.15) is 5.82 Å². The lowest BCUT2D eigenvalue weighted by Crippen LogP contribution is -2.45. The lowest BCUT2D eigenvalue weighted by atomic mass is 9.67. The van der Waals surface area contributed by atoms with Gasteiger partial charge in [-0.15, -0.1) is 0 Å². The van der Waals surface area contributed by atoms with Crippen molar-refractivity contribution in [2.24, 2.45) is 5.41 Å². The van der Waals surface area contributed by atoms with Gasteiger partial charge in [-0.1, -0.05) is 12.5 Å². The predicted molar refractivity (Wildman–Crippen MR) is 90.0 cm³/mol. The molecule has 1 aliphatic carbocycles. The van der Waals surface area contributed by atoms with Crippen molar-refractivity contribution in [3.05, 3.63) is 53.1 Å². The second kappa shape index (κ2) is 5.31. The smallest absolute Gasteiger partial charge is 0.123 e. The molecule has 1 aromatic heterocycles. The average Bonchev–Trinajstić information content (AvgIpc) is 2.95. The molecule has 2 aromatic rings. The van der Waals surface area contributed by atoms with Crippen LogP contribution >= 0.6 is 0 Å². The molecule has 1 aliphatic heterocycles. The van der Waals surface area contributed by atoms with E-state index >= 15 is 0 Å². The van der Waals surface area contributed by atoms with Crippen molar-refractivity contribution in [2.75, 3.05) is 20.1 Å². The minimum Gasteiger partial charge on any atom is -0.305 e. The number of benzene rings is 1. The van der Waals surface area contributed by atoms with Crippen molar-refractivity contribution in [3.63, 3.8) is 0 Å². The zero-order chi connectivity index (χ0) is 16.0. The molecule has 1 atom stereocenters. The minimum absolute atomic E-state index is 0.214. The SMILES string of the molecule is CC[C@]12Cc3cnn(-c4ccc(F)cc4)c3C=C1CCN(C)C2. The number of nitrogens with zero attached hydrogens (tertiary/aromatic N) is 3. The van der Waals surface area contributed by atoms with E-state index in [-0.39, 0.29) is 11.2 Å². The molecular weight excluding hydrogens is 289 g/mol. The summed E-state index contributed by atoms with van der Waals surface area (Å²) in [4.78, 5) is 2.44. The number of hydrogen-bond acceptors (Lipinski definition) is 2. The van der Waals surface area contributed by atoms with E-state index in [1.165, 1.54) is 23.4 Å². The summed E-state index contributed by atoms with van der Waals surface area (Å²) in [6.07, 6.45) is 7.66. The largest absolute Gasteiger partial charge is 0.305 e. The van der Waals surface area contributed by atoms with Gasteiger partial charge >= 0.3 is 0 Å². The van der Waals surface area contributed by atoms with Gasteiger partial charge < -0.3 is 4.90 Å². The number of rotatable bonds is 2. The van der Waals surface area contributed by atoms with E-state index in [1.54, 1.807) is 17.7 Å². The lowest BCUT2D eigenvalue weighted by Gasteiger charge is -2.45. The summed E-state index contributed by atoms with van der Waals surface area (Å²) in [6.45, 7) is 4.53. The Hall–Kier alpha value is -1.94. The number of fused-ring (bicyclic) bond motifs is 2. The van der Waals surface area contributed by atoms with Gasteiger partial charge in [0.2, 0.25) is 0 Å². The quantitative estimate of drug-likeness (QED) is 0.843. The molecule has 4 heteroatoms. The molecule has 0 bridgehead atoms. The topological polar surface area (TPSA) is 21.1 Å². The van der Waals surface area contributed by atoms with Gasteiger partial charge in [0, 0.05) is 18.5 Å². The summed E-state index contributed by atoms with van der Waals surface area (Å²) >= 11 is 0. The third kappa shape index (κ3) is 2.32. The van der Waals surface area contributed by atoms with E-state index in [2.05, 4.69) is 30.0 Å². The molecule has 1 aromatic carbocycles. The zero-order valence-corrected chi connectivity index (χ0v) is 13.7. The van der Waals surface area contributed by atoms with Crippen LogP contribution in [0.2, 0.25) is 0 Å². The van der Waals surface area contributed by atoms with Crippen molar-refractivity contribution in [2.45, 2.75) is 26.2 Å². The first-order valence-corrected chi connectivity index (χ1v) is 8.34. The van der Waals surface area contributed by atoms with Crippen molar-refractivity contribution < 1.29 is 4.39 Å². The van der Waals surface area contributed by atoms with Crippen LogP contribution in [0.1, 0.15) is 31.0 Å². The number of aromatic nitrogens is 2. The number of likely N-dealkylation sites (tertiary alicyclic amines) is 1. The van der Waals surface area contributed by atoms with Crippen LogP contribution in [-0.2, 0) is 6.42 Å². The van der Waals surface area contributed by atoms with E-state index in [9.17, 15) is 4.39 Å². The maximum atomic E-state index is 13.2. The second-order valence-electron chi connectivity index (χ2n) is 6.91. The summed E-state index contributed by atoms with van der Waals surface area (Å²) in [5.74, 6) is -0.214. The maximum absolute atomic E-state index is 13.2. The highest BCUT2D eigenvalue weighted by atomic mass is 19.1. The molecule has 0 saturated carbocycles. The molecule has 120 valence electrons. The van der Waals surface area contributed by atoms with Gasteiger partial charge in [0.15, 0.2) is 0 Å². The fourth-order valence-electron chi connectivity index (χ4n) is 4.13. The summed E-state index contributed by atoms with van der Waals surface area (Å²) in [5.41, 5.74) is 5.20. The third-order valence-corrected chi connectivity index (χ3v) is 5.49. The predicted octanol–water partition coefficient (Wildman–Crippen LogP) is 3.68. The Morgan fingerprint density at radius 1 is 1.26 bits per heavy atom. The Morgan fingerprint density at radius 2 is 2.04 bits per heavy atom. The van der Waals surface area contributed by atoms with Crippen molar-refractivity contribution in [1.82, 2.24) is 14.7 Å². The van der Waals surface area contributed by atoms with Crippen LogP contribution in [0.3, 0.4) is 0 Å². The zero-order valence-electron chi connectivity index (χ0n) is 13.7. The van der Waals surface area contributed by atoms with Gasteiger partial charge in [-0.05, 0) is 62.2 Å². The fraction of sp³-hybridized carbons (Fsp3) is 0.421. The maximum Gasteiger partial charge on any atom is 0.123 e. The number of halogens is 1. The van der Waals surface area contributed by atoms with Gasteiger partial charge in [0.25, 0.3) is 0 Å². The Labute approximate surface area is 136 Å². The van der Waals surface area contributed by atoms with Crippen LogP contribution in [0, 0.1) is 11.2 Å². The van der Waals surface area contributed by atoms with Crippen molar-refractivity contribution >= 4 is 6.08 Å². The van der Waals surface area contributed by atoms with Crippen LogP contribution in [0.4, 0.5) is 4.39 Å². The van der Waals surface area contributed by atoms with Crippen LogP contribution < -0.4 is 0 Å². The molecule has 0 amide bonds. The summed E-state index contributed by atoms with van der Waals surface area (Å²) in [6, 6.07) is 6.56. The fourth-order valence-corrected chi connectivity index (χ4v) is 4.13. The van der Waals surface area contributed by atoms with Gasteiger partial charge in [-0.2, -0.15) is 5.10 Å². The Kier molecular flexibility index (Phi) is 3.38. The summed E-state index contributed by atoms with van der Waals surface area (Å²) in [5, 5.41) is 4.58. The molecule has 3 nitrogen and oxygen atoms in total. The lowest BCUT2D eigenvalue weighted by molar-refractivity contribution is 0.161. The van der Waals surface area contributed by atoms with Crippen LogP contribution in [0.25, 0.3) is 11.8 Å². The molecule has 2 aliphatic rings. The Balaban J connectivity index is 1.78. The van der Waals surface area contributed by atoms with E-state index in [4.69, 9.17) is 0 Å². The molecule has 2 heterocycles. The summed E-state index contributed by atoms with van der Waals surface area (Å²) in [7, 11) is 2.21. The molecular formula is C19H22FN3. The molecule has 0 unspecified atom stereocenters. The van der Waals surface area contributed by atoms with E-state index in [1.807, 2.05) is 10.9 Å². The monoisotopic (exact) mass is 311 g/mol. The van der Waals surface area contributed by atoms with Crippen molar-refractivity contribution in [1.29, 1.82) is 0 Å². The molecule has 0 radical (unpaired) electrons. The third-order valence-electron chi connectivity index (χ3n) is 5.49. The first-order chi connectivity index (χ1) is 11.1. The van der Waals surface area contributed by atoms with Gasteiger partial charge in [-0.3, -0.25) is 0 Å². The highest BCUT2D eigenvalue weighted by molar-refractivity contribution is 5.61. The average molecular weight is 311 g/mol. The highest BCUT2D eigenvalue weighted by Gasteiger charge is 2.40. The van der Waals surface area contributed by atoms with E-state index in [0.717, 1.165) is 38.0 Å². The van der Waals surface area contributed by atoms with Crippen LogP contribution in [-0.4, -0.2) is 34.8 Å². The molecule has 1 saturated heterocycles. The molecule has 0 N–H and O–H groups in total. The first kappa shape index (κ1) is 14.6. The molecule has 0 spiro atoms. The first-order valence-electron chi connectivity index (χ1n) is 8.34. The second-order valence-corrected chi connectivity index (χ2v) is 6.91. The van der Waals surface area contributed by atoms with Gasteiger partial charge in [-0.25, -0.2) is 9.07 Å². The van der Waals surface area contributed by atoms with Crippen molar-refractivity contribution in [3.8, 4) is 5.69 Å². The Bertz CT molecular complexity index is 759. The Morgan fingerprint density at radius 3 is 2.78 bits per heavy atom. The highest BCUT2D eigenvalue weighted by Crippen LogP contribution is 2.45. The number of piperidine rings is 1. The normalized spacial score (nSPS) is 24.0. The van der Waals surface area contributed by atoms with E-state index < -0.39 is 0 Å². The number of hydrogen-bond donors (Lipinski definition) is 0. The summed E-state index contributed by atoms with van der Waals surface area (Å²) < 4.78 is 15.1. The molecule has 4 rings (SSSR count). The van der Waals surface area contributed by atoms with Gasteiger partial charge in [0.05, 0.1) is 17.6 Å². The van der Waals surface area contributed by atoms with Crippen LogP contribution in [0.5, 0.6) is 0 Å². The standard InChI is InChI=1S/C19H22FN3/c1-3-19-11-14-12-21-23(17-6-4-16(20)5-7-17)18(14)10-15(19)8-9-22(2)13-19/h4-7,10,12H,3,8-9,11,13H2,1-2H3/t19-/m1/s1. The van der Waals surface area contributed by atoms with Crippen LogP contribution in [0.15, 0.2) is 36.0 Å². The molecule has 1 fully saturated rings.